The van der Waals surface area contributed by atoms with Crippen LogP contribution >= 0.6 is 11.8 Å². The van der Waals surface area contributed by atoms with Crippen LogP contribution in [-0.2, 0) is 0 Å². The van der Waals surface area contributed by atoms with E-state index in [1.807, 2.05) is 26.1 Å². The third kappa shape index (κ3) is 4.38. The molecule has 0 radical (unpaired) electrons. The lowest BCUT2D eigenvalue weighted by Gasteiger charge is -2.19. The minimum atomic E-state index is -0.981. The van der Waals surface area contributed by atoms with Crippen molar-refractivity contribution in [2.75, 3.05) is 12.3 Å². The topological polar surface area (TPSA) is 78.0 Å². The minimum Gasteiger partial charge on any atom is -0.389 e. The number of benzene rings is 2. The molecule has 2 aromatic carbocycles. The second-order valence-corrected chi connectivity index (χ2v) is 10.2. The van der Waals surface area contributed by atoms with Crippen molar-refractivity contribution in [2.45, 2.75) is 45.1 Å². The summed E-state index contributed by atoms with van der Waals surface area (Å²) < 4.78 is 0. The zero-order valence-corrected chi connectivity index (χ0v) is 20.0. The van der Waals surface area contributed by atoms with Gasteiger partial charge in [-0.25, -0.2) is 4.98 Å². The molecule has 4 rings (SSSR count). The first kappa shape index (κ1) is 22.4. The van der Waals surface area contributed by atoms with Gasteiger partial charge < -0.3 is 15.4 Å². The van der Waals surface area contributed by atoms with Crippen molar-refractivity contribution >= 4 is 39.6 Å². The van der Waals surface area contributed by atoms with E-state index in [1.165, 1.54) is 4.90 Å². The number of carbonyl (C=O) groups excluding carboxylic acids is 1. The third-order valence-electron chi connectivity index (χ3n) is 5.51. The van der Waals surface area contributed by atoms with Gasteiger partial charge in [0.05, 0.1) is 11.1 Å². The maximum Gasteiger partial charge on any atom is 0.251 e. The number of aryl methyl sites for hydroxylation is 2. The lowest BCUT2D eigenvalue weighted by molar-refractivity contribution is 0.0694. The Hall–Kier alpha value is -2.83. The van der Waals surface area contributed by atoms with Crippen LogP contribution in [-0.4, -0.2) is 38.9 Å². The lowest BCUT2D eigenvalue weighted by Crippen LogP contribution is -2.38. The monoisotopic (exact) mass is 447 g/mol. The molecule has 2 aromatic heterocycles. The first-order valence-electron chi connectivity index (χ1n) is 10.8. The molecule has 166 valence electrons. The highest BCUT2D eigenvalue weighted by atomic mass is 32.2. The van der Waals surface area contributed by atoms with Gasteiger partial charge in [-0.1, -0.05) is 19.1 Å². The van der Waals surface area contributed by atoms with Crippen LogP contribution in [0.4, 0.5) is 0 Å². The molecule has 0 aliphatic heterocycles. The number of fused-ring (bicyclic) bond motifs is 3. The number of aromatic amines is 1. The van der Waals surface area contributed by atoms with Gasteiger partial charge in [-0.15, -0.1) is 11.8 Å². The number of H-pyrrole nitrogens is 1. The van der Waals surface area contributed by atoms with E-state index >= 15 is 0 Å². The molecule has 0 spiro atoms. The summed E-state index contributed by atoms with van der Waals surface area (Å²) in [6.45, 7) is 9.66. The first-order valence-corrected chi connectivity index (χ1v) is 11.8. The fraction of sp³-hybridized carbons (Fsp3) is 0.308. The van der Waals surface area contributed by atoms with E-state index in [2.05, 4.69) is 52.5 Å². The van der Waals surface area contributed by atoms with E-state index in [0.717, 1.165) is 49.9 Å². The standard InChI is InChI=1S/C26H29N3O2S/c1-6-32-18-9-7-8-17(11-18)20-12-19(25(30)28-14-26(4,5)31)16(3)23-22(20)21-10-15(2)13-27-24(21)29-23/h7-13,31H,6,14H2,1-5H3,(H,27,29)(H,28,30). The molecule has 0 aliphatic rings. The molecule has 32 heavy (non-hydrogen) atoms. The van der Waals surface area contributed by atoms with E-state index in [1.54, 1.807) is 25.6 Å². The second-order valence-electron chi connectivity index (χ2n) is 8.84. The predicted octanol–water partition coefficient (Wildman–Crippen LogP) is 5.61. The number of nitrogens with one attached hydrogen (secondary N) is 2. The second kappa shape index (κ2) is 8.60. The highest BCUT2D eigenvalue weighted by molar-refractivity contribution is 7.99. The average molecular weight is 448 g/mol. The number of amides is 1. The lowest BCUT2D eigenvalue weighted by atomic mass is 9.93. The van der Waals surface area contributed by atoms with E-state index in [-0.39, 0.29) is 12.5 Å². The quantitative estimate of drug-likeness (QED) is 0.336. The van der Waals surface area contributed by atoms with Crippen LogP contribution in [0, 0.1) is 13.8 Å². The van der Waals surface area contributed by atoms with Gasteiger partial charge in [0, 0.05) is 34.0 Å². The normalized spacial score (nSPS) is 11.9. The Labute approximate surface area is 192 Å². The Bertz CT molecular complexity index is 1320. The molecule has 0 aliphatic carbocycles. The van der Waals surface area contributed by atoms with Crippen LogP contribution in [0.5, 0.6) is 0 Å². The molecule has 5 nitrogen and oxygen atoms in total. The first-order chi connectivity index (χ1) is 15.2. The Balaban J connectivity index is 1.98. The summed E-state index contributed by atoms with van der Waals surface area (Å²) in [5, 5.41) is 15.1. The maximum absolute atomic E-state index is 13.1. The fourth-order valence-electron chi connectivity index (χ4n) is 3.97. The summed E-state index contributed by atoms with van der Waals surface area (Å²) in [5.74, 6) is 0.794. The van der Waals surface area contributed by atoms with Gasteiger partial charge in [-0.3, -0.25) is 4.79 Å². The molecular formula is C26H29N3O2S. The van der Waals surface area contributed by atoms with Crippen LogP contribution in [0.3, 0.4) is 0 Å². The van der Waals surface area contributed by atoms with E-state index in [4.69, 9.17) is 0 Å². The SMILES string of the molecule is CCSc1cccc(-c2cc(C(=O)NCC(C)(C)O)c(C)c3[nH]c4ncc(C)cc4c23)c1. The number of hydrogen-bond acceptors (Lipinski definition) is 4. The molecule has 3 N–H and O–H groups in total. The molecule has 6 heteroatoms. The van der Waals surface area contributed by atoms with E-state index in [9.17, 15) is 9.90 Å². The number of aliphatic hydroxyl groups is 1. The number of hydrogen-bond donors (Lipinski definition) is 3. The number of pyridine rings is 1. The molecule has 0 fully saturated rings. The Kier molecular flexibility index (Phi) is 6.01. The van der Waals surface area contributed by atoms with Gasteiger partial charge in [0.15, 0.2) is 0 Å². The minimum absolute atomic E-state index is 0.175. The van der Waals surface area contributed by atoms with Crippen molar-refractivity contribution in [2.24, 2.45) is 0 Å². The summed E-state index contributed by atoms with van der Waals surface area (Å²) in [6.07, 6.45) is 1.85. The van der Waals surface area contributed by atoms with Crippen LogP contribution in [0.15, 0.2) is 47.5 Å². The zero-order valence-electron chi connectivity index (χ0n) is 19.2. The molecule has 0 saturated carbocycles. The van der Waals surface area contributed by atoms with Gasteiger partial charge in [0.2, 0.25) is 0 Å². The van der Waals surface area contributed by atoms with Gasteiger partial charge in [0.25, 0.3) is 5.91 Å². The Morgan fingerprint density at radius 2 is 2.00 bits per heavy atom. The van der Waals surface area contributed by atoms with Gasteiger partial charge >= 0.3 is 0 Å². The summed E-state index contributed by atoms with van der Waals surface area (Å²) in [6, 6.07) is 12.6. The number of nitrogens with zero attached hydrogens (tertiary/aromatic N) is 1. The van der Waals surface area contributed by atoms with Crippen molar-refractivity contribution in [3.63, 3.8) is 0 Å². The number of carbonyl (C=O) groups is 1. The van der Waals surface area contributed by atoms with Crippen molar-refractivity contribution in [1.29, 1.82) is 0 Å². The highest BCUT2D eigenvalue weighted by Crippen LogP contribution is 2.38. The summed E-state index contributed by atoms with van der Waals surface area (Å²) in [5.41, 5.74) is 5.35. The van der Waals surface area contributed by atoms with Gasteiger partial charge in [-0.2, -0.15) is 0 Å². The molecule has 0 atom stereocenters. The predicted molar refractivity (Wildman–Crippen MR) is 134 cm³/mol. The third-order valence-corrected chi connectivity index (χ3v) is 6.38. The number of aromatic nitrogens is 2. The van der Waals surface area contributed by atoms with Gasteiger partial charge in [-0.05, 0) is 80.0 Å². The summed E-state index contributed by atoms with van der Waals surface area (Å²) >= 11 is 1.79. The van der Waals surface area contributed by atoms with Crippen LogP contribution < -0.4 is 5.32 Å². The van der Waals surface area contributed by atoms with E-state index < -0.39 is 5.60 Å². The highest BCUT2D eigenvalue weighted by Gasteiger charge is 2.21. The molecule has 0 unspecified atom stereocenters. The molecule has 0 saturated heterocycles. The molecule has 1 amide bonds. The van der Waals surface area contributed by atoms with Crippen molar-refractivity contribution in [1.82, 2.24) is 15.3 Å². The van der Waals surface area contributed by atoms with E-state index in [0.29, 0.717) is 5.56 Å². The number of rotatable bonds is 6. The Morgan fingerprint density at radius 1 is 1.22 bits per heavy atom. The smallest absolute Gasteiger partial charge is 0.251 e. The fourth-order valence-corrected chi connectivity index (χ4v) is 4.69. The molecule has 4 aromatic rings. The van der Waals surface area contributed by atoms with Gasteiger partial charge in [0.1, 0.15) is 5.65 Å². The van der Waals surface area contributed by atoms with Crippen LogP contribution in [0.2, 0.25) is 0 Å². The van der Waals surface area contributed by atoms with Crippen molar-refractivity contribution in [3.05, 3.63) is 59.3 Å². The Morgan fingerprint density at radius 3 is 2.72 bits per heavy atom. The molecule has 0 bridgehead atoms. The van der Waals surface area contributed by atoms with Crippen molar-refractivity contribution in [3.8, 4) is 11.1 Å². The van der Waals surface area contributed by atoms with Crippen LogP contribution in [0.25, 0.3) is 33.1 Å². The maximum atomic E-state index is 13.1. The molecular weight excluding hydrogens is 418 g/mol. The van der Waals surface area contributed by atoms with Crippen LogP contribution in [0.1, 0.15) is 42.3 Å². The largest absolute Gasteiger partial charge is 0.389 e. The average Bonchev–Trinajstić information content (AvgIpc) is 3.12. The molecule has 2 heterocycles. The summed E-state index contributed by atoms with van der Waals surface area (Å²) in [7, 11) is 0. The number of thioether (sulfide) groups is 1. The summed E-state index contributed by atoms with van der Waals surface area (Å²) in [4.78, 5) is 22.4. The zero-order chi connectivity index (χ0) is 23.0. The van der Waals surface area contributed by atoms with Crippen molar-refractivity contribution < 1.29 is 9.90 Å².